The number of hydrazine groups is 1. The first-order chi connectivity index (χ1) is 17.5. The van der Waals surface area contributed by atoms with Gasteiger partial charge >= 0.3 is 0 Å². The Labute approximate surface area is 210 Å². The van der Waals surface area contributed by atoms with E-state index < -0.39 is 11.8 Å². The number of hydrogen-bond acceptors (Lipinski definition) is 5. The standard InChI is InChI=1S/C27H20ClN5O3/c28-17-11-9-16(10-12-17)23-15-20(18-5-1-3-7-21(18)29-23)27(36)33-32-25(34)14-13-24-30-22-8-4-2-6-19(22)26(35)31-24/h1-12,15H,13-14H2,(H,32,34)(H,33,36)(H,30,31,35). The second-order valence-corrected chi connectivity index (χ2v) is 8.55. The highest BCUT2D eigenvalue weighted by molar-refractivity contribution is 6.30. The van der Waals surface area contributed by atoms with Crippen molar-refractivity contribution in [2.75, 3.05) is 0 Å². The lowest BCUT2D eigenvalue weighted by molar-refractivity contribution is -0.121. The topological polar surface area (TPSA) is 117 Å². The second kappa shape index (κ2) is 9.97. The van der Waals surface area contributed by atoms with Crippen LogP contribution in [-0.4, -0.2) is 26.8 Å². The Morgan fingerprint density at radius 1 is 0.833 bits per heavy atom. The highest BCUT2D eigenvalue weighted by Crippen LogP contribution is 2.26. The van der Waals surface area contributed by atoms with Crippen molar-refractivity contribution in [2.45, 2.75) is 12.8 Å². The van der Waals surface area contributed by atoms with Gasteiger partial charge in [-0.1, -0.05) is 54.1 Å². The number of benzene rings is 3. The van der Waals surface area contributed by atoms with Crippen molar-refractivity contribution in [1.82, 2.24) is 25.8 Å². The molecule has 0 spiro atoms. The van der Waals surface area contributed by atoms with Crippen LogP contribution in [0.3, 0.4) is 0 Å². The van der Waals surface area contributed by atoms with Crippen LogP contribution < -0.4 is 16.4 Å². The Kier molecular flexibility index (Phi) is 6.42. The Morgan fingerprint density at radius 2 is 1.50 bits per heavy atom. The number of aromatic nitrogens is 3. The van der Waals surface area contributed by atoms with E-state index in [0.29, 0.717) is 43.9 Å². The summed E-state index contributed by atoms with van der Waals surface area (Å²) in [6.45, 7) is 0. The fraction of sp³-hybridized carbons (Fsp3) is 0.0741. The number of nitrogens with one attached hydrogen (secondary N) is 3. The summed E-state index contributed by atoms with van der Waals surface area (Å²) in [5, 5.41) is 1.74. The highest BCUT2D eigenvalue weighted by Gasteiger charge is 2.15. The summed E-state index contributed by atoms with van der Waals surface area (Å²) in [4.78, 5) is 49.4. The molecule has 2 heterocycles. The number of para-hydroxylation sites is 2. The summed E-state index contributed by atoms with van der Waals surface area (Å²) in [5.74, 6) is -0.502. The van der Waals surface area contributed by atoms with Gasteiger partial charge in [0.05, 0.1) is 27.7 Å². The molecule has 0 radical (unpaired) electrons. The average molecular weight is 498 g/mol. The summed E-state index contributed by atoms with van der Waals surface area (Å²) < 4.78 is 0. The van der Waals surface area contributed by atoms with Gasteiger partial charge in [-0.2, -0.15) is 0 Å². The van der Waals surface area contributed by atoms with E-state index in [4.69, 9.17) is 11.6 Å². The fourth-order valence-corrected chi connectivity index (χ4v) is 4.00. The number of carbonyl (C=O) groups is 2. The zero-order valence-corrected chi connectivity index (χ0v) is 19.7. The van der Waals surface area contributed by atoms with Crippen LogP contribution in [0, 0.1) is 0 Å². The van der Waals surface area contributed by atoms with Gasteiger partial charge in [-0.25, -0.2) is 9.97 Å². The van der Waals surface area contributed by atoms with Crippen molar-refractivity contribution in [1.29, 1.82) is 0 Å². The van der Waals surface area contributed by atoms with Gasteiger partial charge in [0.1, 0.15) is 5.82 Å². The molecule has 3 aromatic carbocycles. The van der Waals surface area contributed by atoms with Crippen LogP contribution in [0.15, 0.2) is 83.7 Å². The van der Waals surface area contributed by atoms with Crippen molar-refractivity contribution in [2.24, 2.45) is 0 Å². The average Bonchev–Trinajstić information content (AvgIpc) is 2.90. The summed E-state index contributed by atoms with van der Waals surface area (Å²) in [7, 11) is 0. The zero-order chi connectivity index (χ0) is 25.1. The number of aryl methyl sites for hydroxylation is 1. The molecule has 0 saturated carbocycles. The molecule has 0 aliphatic carbocycles. The third-order valence-corrected chi connectivity index (χ3v) is 5.92. The summed E-state index contributed by atoms with van der Waals surface area (Å²) >= 11 is 6.00. The maximum atomic E-state index is 13.0. The maximum Gasteiger partial charge on any atom is 0.270 e. The summed E-state index contributed by atoms with van der Waals surface area (Å²) in [6, 6.07) is 23.1. The van der Waals surface area contributed by atoms with Crippen LogP contribution in [0.4, 0.5) is 0 Å². The monoisotopic (exact) mass is 497 g/mol. The molecule has 8 nitrogen and oxygen atoms in total. The SMILES string of the molecule is O=C(CCc1nc2ccccc2c(=O)[nH]1)NNC(=O)c1cc(-c2ccc(Cl)cc2)nc2ccccc12. The van der Waals surface area contributed by atoms with Crippen LogP contribution in [0.25, 0.3) is 33.1 Å². The molecule has 36 heavy (non-hydrogen) atoms. The predicted molar refractivity (Wildman–Crippen MR) is 138 cm³/mol. The van der Waals surface area contributed by atoms with Crippen molar-refractivity contribution < 1.29 is 9.59 Å². The number of H-pyrrole nitrogens is 1. The first-order valence-corrected chi connectivity index (χ1v) is 11.6. The van der Waals surface area contributed by atoms with Crippen molar-refractivity contribution in [3.63, 3.8) is 0 Å². The van der Waals surface area contributed by atoms with Crippen LogP contribution in [0.5, 0.6) is 0 Å². The number of amides is 2. The smallest absolute Gasteiger partial charge is 0.270 e. The van der Waals surface area contributed by atoms with Crippen LogP contribution >= 0.6 is 11.6 Å². The largest absolute Gasteiger partial charge is 0.310 e. The van der Waals surface area contributed by atoms with Gasteiger partial charge in [-0.3, -0.25) is 25.2 Å². The number of carbonyl (C=O) groups excluding carboxylic acids is 2. The molecule has 0 bridgehead atoms. The highest BCUT2D eigenvalue weighted by atomic mass is 35.5. The number of pyridine rings is 1. The van der Waals surface area contributed by atoms with E-state index in [1.807, 2.05) is 30.3 Å². The first kappa shape index (κ1) is 23.2. The third kappa shape index (κ3) is 4.94. The quantitative estimate of drug-likeness (QED) is 0.315. The molecule has 0 atom stereocenters. The number of rotatable bonds is 5. The molecule has 0 saturated heterocycles. The van der Waals surface area contributed by atoms with E-state index in [1.54, 1.807) is 48.5 Å². The number of hydrogen-bond donors (Lipinski definition) is 3. The Bertz CT molecular complexity index is 1660. The summed E-state index contributed by atoms with van der Waals surface area (Å²) in [5.41, 5.74) is 7.64. The third-order valence-electron chi connectivity index (χ3n) is 5.67. The number of halogens is 1. The van der Waals surface area contributed by atoms with Crippen molar-refractivity contribution in [3.05, 3.63) is 106 Å². The Balaban J connectivity index is 1.29. The minimum absolute atomic E-state index is 0.0225. The molecule has 0 unspecified atom stereocenters. The van der Waals surface area contributed by atoms with Crippen molar-refractivity contribution in [3.8, 4) is 11.3 Å². The van der Waals surface area contributed by atoms with Gasteiger partial charge in [0.2, 0.25) is 5.91 Å². The van der Waals surface area contributed by atoms with E-state index in [1.165, 1.54) is 0 Å². The van der Waals surface area contributed by atoms with E-state index in [-0.39, 0.29) is 18.4 Å². The lowest BCUT2D eigenvalue weighted by atomic mass is 10.0. The van der Waals surface area contributed by atoms with Gasteiger partial charge in [-0.15, -0.1) is 0 Å². The normalized spacial score (nSPS) is 10.9. The Morgan fingerprint density at radius 3 is 2.25 bits per heavy atom. The molecule has 2 amide bonds. The predicted octanol–water partition coefficient (Wildman–Crippen LogP) is 4.19. The summed E-state index contributed by atoms with van der Waals surface area (Å²) in [6.07, 6.45) is 0.232. The molecular weight excluding hydrogens is 478 g/mol. The molecular formula is C27H20ClN5O3. The van der Waals surface area contributed by atoms with E-state index in [0.717, 1.165) is 5.56 Å². The first-order valence-electron chi connectivity index (χ1n) is 11.2. The van der Waals surface area contributed by atoms with E-state index >= 15 is 0 Å². The van der Waals surface area contributed by atoms with Crippen LogP contribution in [-0.2, 0) is 11.2 Å². The number of aromatic amines is 1. The van der Waals surface area contributed by atoms with Gasteiger partial charge in [0.15, 0.2) is 0 Å². The second-order valence-electron chi connectivity index (χ2n) is 8.11. The molecule has 5 aromatic rings. The molecule has 178 valence electrons. The minimum atomic E-state index is -0.477. The molecule has 9 heteroatoms. The van der Waals surface area contributed by atoms with E-state index in [9.17, 15) is 14.4 Å². The fourth-order valence-electron chi connectivity index (χ4n) is 3.87. The van der Waals surface area contributed by atoms with E-state index in [2.05, 4.69) is 25.8 Å². The van der Waals surface area contributed by atoms with Gasteiger partial charge in [0, 0.05) is 28.8 Å². The Hall–Kier alpha value is -4.56. The van der Waals surface area contributed by atoms with Crippen molar-refractivity contribution >= 4 is 45.2 Å². The molecule has 5 rings (SSSR count). The van der Waals surface area contributed by atoms with Gasteiger partial charge in [-0.05, 0) is 36.4 Å². The number of fused-ring (bicyclic) bond motifs is 2. The molecule has 0 aliphatic rings. The molecule has 2 aromatic heterocycles. The molecule has 3 N–H and O–H groups in total. The lowest BCUT2D eigenvalue weighted by Gasteiger charge is -2.11. The molecule has 0 aliphatic heterocycles. The van der Waals surface area contributed by atoms with Gasteiger partial charge in [0.25, 0.3) is 11.5 Å². The minimum Gasteiger partial charge on any atom is -0.310 e. The molecule has 0 fully saturated rings. The number of nitrogens with zero attached hydrogens (tertiary/aromatic N) is 2. The lowest BCUT2D eigenvalue weighted by Crippen LogP contribution is -2.41. The van der Waals surface area contributed by atoms with Gasteiger partial charge < -0.3 is 4.98 Å². The van der Waals surface area contributed by atoms with Crippen LogP contribution in [0.2, 0.25) is 5.02 Å². The zero-order valence-electron chi connectivity index (χ0n) is 18.9. The maximum absolute atomic E-state index is 13.0. The van der Waals surface area contributed by atoms with Crippen LogP contribution in [0.1, 0.15) is 22.6 Å².